The third-order valence-corrected chi connectivity index (χ3v) is 3.62. The fourth-order valence-corrected chi connectivity index (χ4v) is 2.45. The number of aliphatic hydroxyl groups excluding tert-OH is 1. The number of aliphatic hydroxyl groups is 1. The standard InChI is InChI=1S/C10H16N2O2S/c1-6-3-11-10(15-6)7(2)12-8-4-14-5-9(8)13/h3,7-9,12-13H,4-5H2,1-2H3. The smallest absolute Gasteiger partial charge is 0.109 e. The normalized spacial score (nSPS) is 28.2. The molecule has 0 aromatic carbocycles. The van der Waals surface area contributed by atoms with Gasteiger partial charge in [-0.2, -0.15) is 0 Å². The van der Waals surface area contributed by atoms with Crippen LogP contribution in [-0.4, -0.2) is 35.5 Å². The Balaban J connectivity index is 1.94. The van der Waals surface area contributed by atoms with Crippen molar-refractivity contribution in [3.05, 3.63) is 16.1 Å². The van der Waals surface area contributed by atoms with Gasteiger partial charge in [0.05, 0.1) is 31.4 Å². The summed E-state index contributed by atoms with van der Waals surface area (Å²) in [5, 5.41) is 14.0. The van der Waals surface area contributed by atoms with E-state index in [2.05, 4.69) is 17.2 Å². The summed E-state index contributed by atoms with van der Waals surface area (Å²) in [6, 6.07) is 0.203. The first-order valence-electron chi connectivity index (χ1n) is 5.11. The van der Waals surface area contributed by atoms with Crippen molar-refractivity contribution >= 4 is 11.3 Å². The molecule has 0 saturated carbocycles. The Morgan fingerprint density at radius 2 is 2.47 bits per heavy atom. The van der Waals surface area contributed by atoms with E-state index in [1.807, 2.05) is 13.1 Å². The Morgan fingerprint density at radius 3 is 3.00 bits per heavy atom. The van der Waals surface area contributed by atoms with Crippen LogP contribution in [0.25, 0.3) is 0 Å². The average Bonchev–Trinajstić information content (AvgIpc) is 2.77. The van der Waals surface area contributed by atoms with E-state index >= 15 is 0 Å². The summed E-state index contributed by atoms with van der Waals surface area (Å²) in [6.07, 6.45) is 1.48. The van der Waals surface area contributed by atoms with Crippen LogP contribution in [0.4, 0.5) is 0 Å². The number of hydrogen-bond donors (Lipinski definition) is 2. The van der Waals surface area contributed by atoms with Crippen molar-refractivity contribution in [2.45, 2.75) is 32.0 Å². The molecule has 3 atom stereocenters. The highest BCUT2D eigenvalue weighted by Crippen LogP contribution is 2.20. The molecule has 1 aliphatic heterocycles. The highest BCUT2D eigenvalue weighted by atomic mass is 32.1. The predicted molar refractivity (Wildman–Crippen MR) is 59.0 cm³/mol. The van der Waals surface area contributed by atoms with Gasteiger partial charge < -0.3 is 15.2 Å². The van der Waals surface area contributed by atoms with Crippen LogP contribution in [0.3, 0.4) is 0 Å². The molecule has 0 amide bonds. The Kier molecular flexibility index (Phi) is 3.35. The van der Waals surface area contributed by atoms with Gasteiger partial charge in [-0.1, -0.05) is 0 Å². The van der Waals surface area contributed by atoms with E-state index in [0.717, 1.165) is 5.01 Å². The molecule has 2 heterocycles. The van der Waals surface area contributed by atoms with Gasteiger partial charge in [0.15, 0.2) is 0 Å². The van der Waals surface area contributed by atoms with Crippen LogP contribution in [0.5, 0.6) is 0 Å². The van der Waals surface area contributed by atoms with Gasteiger partial charge in [0.2, 0.25) is 0 Å². The molecule has 4 nitrogen and oxygen atoms in total. The number of aryl methyl sites for hydroxylation is 1. The van der Waals surface area contributed by atoms with Crippen LogP contribution in [0.15, 0.2) is 6.20 Å². The zero-order chi connectivity index (χ0) is 10.8. The number of nitrogens with zero attached hydrogens (tertiary/aromatic N) is 1. The molecule has 5 heteroatoms. The van der Waals surface area contributed by atoms with E-state index in [9.17, 15) is 5.11 Å². The average molecular weight is 228 g/mol. The van der Waals surface area contributed by atoms with E-state index < -0.39 is 6.10 Å². The van der Waals surface area contributed by atoms with Crippen LogP contribution < -0.4 is 5.32 Å². The minimum Gasteiger partial charge on any atom is -0.389 e. The number of hydrogen-bond acceptors (Lipinski definition) is 5. The Hall–Kier alpha value is -0.490. The van der Waals surface area contributed by atoms with Crippen LogP contribution >= 0.6 is 11.3 Å². The summed E-state index contributed by atoms with van der Waals surface area (Å²) >= 11 is 1.68. The second-order valence-electron chi connectivity index (χ2n) is 3.91. The topological polar surface area (TPSA) is 54.4 Å². The quantitative estimate of drug-likeness (QED) is 0.805. The summed E-state index contributed by atoms with van der Waals surface area (Å²) in [5.74, 6) is 0. The van der Waals surface area contributed by atoms with E-state index in [1.54, 1.807) is 11.3 Å². The van der Waals surface area contributed by atoms with Gasteiger partial charge in [0.25, 0.3) is 0 Å². The van der Waals surface area contributed by atoms with Crippen molar-refractivity contribution in [3.63, 3.8) is 0 Å². The summed E-state index contributed by atoms with van der Waals surface area (Å²) in [5.41, 5.74) is 0. The van der Waals surface area contributed by atoms with Crippen molar-refractivity contribution in [2.75, 3.05) is 13.2 Å². The van der Waals surface area contributed by atoms with Gasteiger partial charge in [-0.3, -0.25) is 0 Å². The molecule has 1 aromatic rings. The number of nitrogens with one attached hydrogen (secondary N) is 1. The Bertz CT molecular complexity index is 329. The van der Waals surface area contributed by atoms with Gasteiger partial charge in [-0.05, 0) is 13.8 Å². The third kappa shape index (κ3) is 2.55. The van der Waals surface area contributed by atoms with Gasteiger partial charge in [-0.25, -0.2) is 4.98 Å². The van der Waals surface area contributed by atoms with Gasteiger partial charge in [0.1, 0.15) is 5.01 Å². The van der Waals surface area contributed by atoms with E-state index in [-0.39, 0.29) is 12.1 Å². The first kappa shape index (κ1) is 11.0. The van der Waals surface area contributed by atoms with Crippen LogP contribution in [-0.2, 0) is 4.74 Å². The third-order valence-electron chi connectivity index (χ3n) is 2.52. The molecule has 1 aliphatic rings. The molecular formula is C10H16N2O2S. The predicted octanol–water partition coefficient (Wildman–Crippen LogP) is 0.862. The van der Waals surface area contributed by atoms with Gasteiger partial charge in [-0.15, -0.1) is 11.3 Å². The molecule has 84 valence electrons. The molecular weight excluding hydrogens is 212 g/mol. The minimum atomic E-state index is -0.395. The van der Waals surface area contributed by atoms with Crippen LogP contribution in [0.1, 0.15) is 22.9 Å². The van der Waals surface area contributed by atoms with Gasteiger partial charge >= 0.3 is 0 Å². The minimum absolute atomic E-state index is 0.0317. The number of thiazole rings is 1. The van der Waals surface area contributed by atoms with E-state index in [0.29, 0.717) is 13.2 Å². The Labute approximate surface area is 93.3 Å². The molecule has 2 N–H and O–H groups in total. The second kappa shape index (κ2) is 4.57. The van der Waals surface area contributed by atoms with Gasteiger partial charge in [0, 0.05) is 11.1 Å². The molecule has 0 spiro atoms. The van der Waals surface area contributed by atoms with Crippen LogP contribution in [0.2, 0.25) is 0 Å². The summed E-state index contributed by atoms with van der Waals surface area (Å²) in [6.45, 7) is 5.11. The van der Waals surface area contributed by atoms with Crippen molar-refractivity contribution in [1.82, 2.24) is 10.3 Å². The summed E-state index contributed by atoms with van der Waals surface area (Å²) in [4.78, 5) is 5.53. The lowest BCUT2D eigenvalue weighted by Gasteiger charge is -2.18. The lowest BCUT2D eigenvalue weighted by molar-refractivity contribution is 0.121. The number of ether oxygens (including phenoxy) is 1. The lowest BCUT2D eigenvalue weighted by atomic mass is 10.2. The molecule has 0 radical (unpaired) electrons. The molecule has 1 saturated heterocycles. The Morgan fingerprint density at radius 1 is 1.67 bits per heavy atom. The maximum Gasteiger partial charge on any atom is 0.109 e. The molecule has 0 aliphatic carbocycles. The fourth-order valence-electron chi connectivity index (χ4n) is 1.67. The SMILES string of the molecule is Cc1cnc(C(C)NC2COCC2O)s1. The van der Waals surface area contributed by atoms with Crippen LogP contribution in [0, 0.1) is 6.92 Å². The summed E-state index contributed by atoms with van der Waals surface area (Å²) < 4.78 is 5.18. The van der Waals surface area contributed by atoms with Crippen molar-refractivity contribution in [2.24, 2.45) is 0 Å². The van der Waals surface area contributed by atoms with Crippen molar-refractivity contribution in [3.8, 4) is 0 Å². The largest absolute Gasteiger partial charge is 0.389 e. The monoisotopic (exact) mass is 228 g/mol. The van der Waals surface area contributed by atoms with E-state index in [4.69, 9.17) is 4.74 Å². The first-order chi connectivity index (χ1) is 7.16. The zero-order valence-corrected chi connectivity index (χ0v) is 9.75. The van der Waals surface area contributed by atoms with Crippen molar-refractivity contribution < 1.29 is 9.84 Å². The highest BCUT2D eigenvalue weighted by molar-refractivity contribution is 7.11. The van der Waals surface area contributed by atoms with E-state index in [1.165, 1.54) is 4.88 Å². The summed E-state index contributed by atoms with van der Waals surface area (Å²) in [7, 11) is 0. The molecule has 1 aromatic heterocycles. The number of rotatable bonds is 3. The zero-order valence-electron chi connectivity index (χ0n) is 8.93. The lowest BCUT2D eigenvalue weighted by Crippen LogP contribution is -2.40. The maximum atomic E-state index is 9.59. The highest BCUT2D eigenvalue weighted by Gasteiger charge is 2.27. The fraction of sp³-hybridized carbons (Fsp3) is 0.700. The maximum absolute atomic E-state index is 9.59. The number of aromatic nitrogens is 1. The first-order valence-corrected chi connectivity index (χ1v) is 5.92. The second-order valence-corrected chi connectivity index (χ2v) is 5.18. The molecule has 15 heavy (non-hydrogen) atoms. The molecule has 1 fully saturated rings. The molecule has 2 rings (SSSR count). The van der Waals surface area contributed by atoms with Crippen molar-refractivity contribution in [1.29, 1.82) is 0 Å². The molecule has 0 bridgehead atoms. The molecule has 3 unspecified atom stereocenters.